The molecule has 2 aliphatic rings. The second kappa shape index (κ2) is 4.00. The van der Waals surface area contributed by atoms with Gasteiger partial charge in [-0.2, -0.15) is 0 Å². The van der Waals surface area contributed by atoms with Gasteiger partial charge in [0.2, 0.25) is 0 Å². The first-order chi connectivity index (χ1) is 10.0. The molecule has 3 nitrogen and oxygen atoms in total. The Kier molecular flexibility index (Phi) is 2.42. The van der Waals surface area contributed by atoms with Crippen molar-refractivity contribution in [2.45, 2.75) is 32.9 Å². The Balaban J connectivity index is 2.02. The van der Waals surface area contributed by atoms with Gasteiger partial charge in [-0.25, -0.2) is 4.98 Å². The zero-order valence-corrected chi connectivity index (χ0v) is 13.0. The molecule has 0 N–H and O–H groups in total. The standard InChI is InChI=1S/C18H21N3/c1-12-13-8-5-6-9-14(13)21-15-10-7-11-19-16(15)20(4)17(21)18(12,2)3/h5-12,17H,1-4H3. The number of aromatic nitrogens is 1. The molecule has 0 bridgehead atoms. The van der Waals surface area contributed by atoms with Gasteiger partial charge in [0.25, 0.3) is 0 Å². The van der Waals surface area contributed by atoms with Crippen molar-refractivity contribution in [3.63, 3.8) is 0 Å². The summed E-state index contributed by atoms with van der Waals surface area (Å²) in [6.45, 7) is 7.09. The third-order valence-corrected chi connectivity index (χ3v) is 5.42. The summed E-state index contributed by atoms with van der Waals surface area (Å²) in [6.07, 6.45) is 2.20. The molecule has 0 amide bonds. The van der Waals surface area contributed by atoms with Crippen molar-refractivity contribution in [2.24, 2.45) is 5.41 Å². The zero-order chi connectivity index (χ0) is 14.8. The van der Waals surface area contributed by atoms with Crippen molar-refractivity contribution in [1.82, 2.24) is 4.98 Å². The SMILES string of the molecule is CC1c2ccccc2N2c3cccnc3N(C)C2C1(C)C. The lowest BCUT2D eigenvalue weighted by Crippen LogP contribution is -2.54. The number of rotatable bonds is 0. The predicted molar refractivity (Wildman–Crippen MR) is 87.2 cm³/mol. The summed E-state index contributed by atoms with van der Waals surface area (Å²) in [5.41, 5.74) is 4.12. The van der Waals surface area contributed by atoms with Crippen LogP contribution >= 0.6 is 0 Å². The van der Waals surface area contributed by atoms with Crippen molar-refractivity contribution < 1.29 is 0 Å². The van der Waals surface area contributed by atoms with Crippen molar-refractivity contribution in [1.29, 1.82) is 0 Å². The number of anilines is 3. The van der Waals surface area contributed by atoms with Gasteiger partial charge in [-0.05, 0) is 29.7 Å². The highest BCUT2D eigenvalue weighted by molar-refractivity contribution is 5.83. The fourth-order valence-corrected chi connectivity index (χ4v) is 4.06. The average Bonchev–Trinajstić information content (AvgIpc) is 2.80. The Morgan fingerprint density at radius 1 is 1.05 bits per heavy atom. The van der Waals surface area contributed by atoms with E-state index < -0.39 is 0 Å². The van der Waals surface area contributed by atoms with E-state index in [4.69, 9.17) is 0 Å². The molecule has 0 spiro atoms. The summed E-state index contributed by atoms with van der Waals surface area (Å²) in [4.78, 5) is 9.42. The Hall–Kier alpha value is -2.03. The number of benzene rings is 1. The molecule has 3 heterocycles. The van der Waals surface area contributed by atoms with Crippen LogP contribution in [0.4, 0.5) is 17.2 Å². The van der Waals surface area contributed by atoms with Crippen molar-refractivity contribution in [3.8, 4) is 0 Å². The topological polar surface area (TPSA) is 19.4 Å². The predicted octanol–water partition coefficient (Wildman–Crippen LogP) is 4.14. The van der Waals surface area contributed by atoms with Crippen LogP contribution in [0.5, 0.6) is 0 Å². The number of pyridine rings is 1. The normalized spacial score (nSPS) is 25.3. The highest BCUT2D eigenvalue weighted by Gasteiger charge is 2.51. The molecule has 0 saturated carbocycles. The number of para-hydroxylation sites is 1. The lowest BCUT2D eigenvalue weighted by molar-refractivity contribution is 0.226. The summed E-state index contributed by atoms with van der Waals surface area (Å²) < 4.78 is 0. The quantitative estimate of drug-likeness (QED) is 0.722. The van der Waals surface area contributed by atoms with E-state index in [1.54, 1.807) is 0 Å². The van der Waals surface area contributed by atoms with E-state index >= 15 is 0 Å². The van der Waals surface area contributed by atoms with Gasteiger partial charge in [-0.1, -0.05) is 39.0 Å². The maximum atomic E-state index is 4.61. The molecule has 2 atom stereocenters. The van der Waals surface area contributed by atoms with Gasteiger partial charge in [-0.15, -0.1) is 0 Å². The van der Waals surface area contributed by atoms with Crippen LogP contribution in [0.15, 0.2) is 42.6 Å². The zero-order valence-electron chi connectivity index (χ0n) is 13.0. The lowest BCUT2D eigenvalue weighted by atomic mass is 9.70. The van der Waals surface area contributed by atoms with Gasteiger partial charge >= 0.3 is 0 Å². The van der Waals surface area contributed by atoms with E-state index in [0.717, 1.165) is 5.82 Å². The highest BCUT2D eigenvalue weighted by Crippen LogP contribution is 2.57. The monoisotopic (exact) mass is 279 g/mol. The summed E-state index contributed by atoms with van der Waals surface area (Å²) in [5.74, 6) is 1.59. The second-order valence-electron chi connectivity index (χ2n) is 6.80. The van der Waals surface area contributed by atoms with Crippen molar-refractivity contribution in [3.05, 3.63) is 48.2 Å². The van der Waals surface area contributed by atoms with Gasteiger partial charge in [0.15, 0.2) is 5.82 Å². The first-order valence-electron chi connectivity index (χ1n) is 7.59. The fourth-order valence-electron chi connectivity index (χ4n) is 4.06. The molecule has 0 saturated heterocycles. The van der Waals surface area contributed by atoms with Crippen LogP contribution in [0.25, 0.3) is 0 Å². The first-order valence-corrected chi connectivity index (χ1v) is 7.59. The Bertz CT molecular complexity index is 707. The molecule has 1 aromatic heterocycles. The number of nitrogens with zero attached hydrogens (tertiary/aromatic N) is 3. The van der Waals surface area contributed by atoms with Crippen LogP contribution in [0.3, 0.4) is 0 Å². The molecule has 108 valence electrons. The first kappa shape index (κ1) is 12.7. The molecule has 4 rings (SSSR count). The summed E-state index contributed by atoms with van der Waals surface area (Å²) >= 11 is 0. The van der Waals surface area contributed by atoms with Crippen LogP contribution in [0.1, 0.15) is 32.3 Å². The summed E-state index contributed by atoms with van der Waals surface area (Å²) in [6, 6.07) is 13.0. The van der Waals surface area contributed by atoms with Crippen LogP contribution in [0, 0.1) is 5.41 Å². The number of fused-ring (bicyclic) bond motifs is 5. The molecule has 1 aromatic carbocycles. The van der Waals surface area contributed by atoms with E-state index in [1.165, 1.54) is 16.9 Å². The molecule has 2 aromatic rings. The Labute approximate surface area is 126 Å². The lowest BCUT2D eigenvalue weighted by Gasteiger charge is -2.50. The van der Waals surface area contributed by atoms with E-state index in [-0.39, 0.29) is 5.41 Å². The summed E-state index contributed by atoms with van der Waals surface area (Å²) in [7, 11) is 2.17. The molecular weight excluding hydrogens is 258 g/mol. The molecule has 2 aliphatic heterocycles. The largest absolute Gasteiger partial charge is 0.337 e. The van der Waals surface area contributed by atoms with Crippen molar-refractivity contribution in [2.75, 3.05) is 16.8 Å². The van der Waals surface area contributed by atoms with Crippen LogP contribution in [-0.4, -0.2) is 18.2 Å². The molecule has 3 heteroatoms. The molecule has 21 heavy (non-hydrogen) atoms. The van der Waals surface area contributed by atoms with Crippen LogP contribution < -0.4 is 9.80 Å². The maximum Gasteiger partial charge on any atom is 0.153 e. The molecule has 0 fully saturated rings. The van der Waals surface area contributed by atoms with Crippen molar-refractivity contribution >= 4 is 17.2 Å². The highest BCUT2D eigenvalue weighted by atomic mass is 15.4. The van der Waals surface area contributed by atoms with Gasteiger partial charge in [0, 0.05) is 24.3 Å². The molecular formula is C18H21N3. The Morgan fingerprint density at radius 2 is 1.76 bits per heavy atom. The third-order valence-electron chi connectivity index (χ3n) is 5.42. The molecule has 0 aliphatic carbocycles. The third kappa shape index (κ3) is 1.46. The minimum atomic E-state index is 0.143. The minimum Gasteiger partial charge on any atom is -0.337 e. The fraction of sp³-hybridized carbons (Fsp3) is 0.389. The van der Waals surface area contributed by atoms with E-state index in [0.29, 0.717) is 12.1 Å². The van der Waals surface area contributed by atoms with Crippen LogP contribution in [0.2, 0.25) is 0 Å². The van der Waals surface area contributed by atoms with E-state index in [9.17, 15) is 0 Å². The number of hydrogen-bond donors (Lipinski definition) is 0. The molecule has 2 unspecified atom stereocenters. The number of hydrogen-bond acceptors (Lipinski definition) is 3. The maximum absolute atomic E-state index is 4.61. The minimum absolute atomic E-state index is 0.143. The molecule has 0 radical (unpaired) electrons. The smallest absolute Gasteiger partial charge is 0.153 e. The second-order valence-corrected chi connectivity index (χ2v) is 6.80. The average molecular weight is 279 g/mol. The van der Waals surface area contributed by atoms with E-state index in [1.807, 2.05) is 12.3 Å². The van der Waals surface area contributed by atoms with Crippen LogP contribution in [-0.2, 0) is 0 Å². The van der Waals surface area contributed by atoms with Gasteiger partial charge in [0.1, 0.15) is 6.17 Å². The Morgan fingerprint density at radius 3 is 2.57 bits per heavy atom. The summed E-state index contributed by atoms with van der Waals surface area (Å²) in [5, 5.41) is 0. The van der Waals surface area contributed by atoms with Gasteiger partial charge in [-0.3, -0.25) is 0 Å². The van der Waals surface area contributed by atoms with Gasteiger partial charge < -0.3 is 9.80 Å². The van der Waals surface area contributed by atoms with Gasteiger partial charge in [0.05, 0.1) is 5.69 Å². The van der Waals surface area contributed by atoms with E-state index in [2.05, 4.69) is 72.9 Å².